The van der Waals surface area contributed by atoms with Crippen LogP contribution in [0.3, 0.4) is 0 Å². The molecule has 2 aliphatic heterocycles. The van der Waals surface area contributed by atoms with Gasteiger partial charge in [0.05, 0.1) is 0 Å². The van der Waals surface area contributed by atoms with Crippen LogP contribution in [0.4, 0.5) is 0 Å². The van der Waals surface area contributed by atoms with Gasteiger partial charge in [0.1, 0.15) is 0 Å². The maximum atomic E-state index is 3.60. The zero-order valence-electron chi connectivity index (χ0n) is 12.0. The Bertz CT molecular complexity index is 235. The molecular weight excluding hydrogens is 208 g/mol. The van der Waals surface area contributed by atoms with Crippen molar-refractivity contribution in [1.29, 1.82) is 0 Å². The molecule has 100 valence electrons. The van der Waals surface area contributed by atoms with E-state index in [0.29, 0.717) is 11.1 Å². The number of unbranched alkanes of at least 4 members (excludes halogenated alkanes) is 4. The molecule has 2 heteroatoms. The summed E-state index contributed by atoms with van der Waals surface area (Å²) in [6, 6.07) is 0. The summed E-state index contributed by atoms with van der Waals surface area (Å²) >= 11 is 0. The fourth-order valence-corrected chi connectivity index (χ4v) is 3.18. The van der Waals surface area contributed by atoms with Gasteiger partial charge in [0.15, 0.2) is 0 Å². The predicted molar refractivity (Wildman–Crippen MR) is 74.4 cm³/mol. The zero-order valence-corrected chi connectivity index (χ0v) is 12.0. The van der Waals surface area contributed by atoms with Gasteiger partial charge < -0.3 is 5.32 Å². The van der Waals surface area contributed by atoms with E-state index < -0.39 is 0 Å². The summed E-state index contributed by atoms with van der Waals surface area (Å²) in [6.45, 7) is 11.0. The minimum atomic E-state index is 0.425. The van der Waals surface area contributed by atoms with Crippen LogP contribution in [0, 0.1) is 0 Å². The third-order valence-electron chi connectivity index (χ3n) is 4.84. The van der Waals surface area contributed by atoms with Crippen LogP contribution in [0.1, 0.15) is 65.7 Å². The summed E-state index contributed by atoms with van der Waals surface area (Å²) in [5.74, 6) is 0. The van der Waals surface area contributed by atoms with E-state index in [1.165, 1.54) is 64.6 Å². The number of hydrogen-bond donors (Lipinski definition) is 1. The Hall–Kier alpha value is -0.0800. The molecule has 2 fully saturated rings. The highest BCUT2D eigenvalue weighted by molar-refractivity contribution is 5.11. The molecule has 0 radical (unpaired) electrons. The van der Waals surface area contributed by atoms with Crippen molar-refractivity contribution in [3.05, 3.63) is 0 Å². The van der Waals surface area contributed by atoms with Crippen molar-refractivity contribution in [3.8, 4) is 0 Å². The first-order chi connectivity index (χ1) is 8.08. The van der Waals surface area contributed by atoms with Crippen LogP contribution in [-0.2, 0) is 0 Å². The second-order valence-corrected chi connectivity index (χ2v) is 6.79. The second-order valence-electron chi connectivity index (χ2n) is 6.79. The fourth-order valence-electron chi connectivity index (χ4n) is 3.18. The standard InChI is InChI=1S/C15H30N2/c1-4-5-6-7-8-9-14(2,3)17-12-15(13-17)10-11-16-15/h16H,4-13H2,1-3H3. The molecule has 2 heterocycles. The van der Waals surface area contributed by atoms with Gasteiger partial charge in [-0.05, 0) is 33.2 Å². The van der Waals surface area contributed by atoms with E-state index in [4.69, 9.17) is 0 Å². The second kappa shape index (κ2) is 5.27. The van der Waals surface area contributed by atoms with Crippen LogP contribution in [0.5, 0.6) is 0 Å². The lowest BCUT2D eigenvalue weighted by atomic mass is 9.76. The van der Waals surface area contributed by atoms with Gasteiger partial charge in [-0.3, -0.25) is 4.90 Å². The van der Waals surface area contributed by atoms with Crippen LogP contribution in [0.25, 0.3) is 0 Å². The molecule has 2 rings (SSSR count). The Morgan fingerprint density at radius 1 is 1.12 bits per heavy atom. The Labute approximate surface area is 107 Å². The van der Waals surface area contributed by atoms with Crippen molar-refractivity contribution in [2.75, 3.05) is 19.6 Å². The Kier molecular flexibility index (Phi) is 4.14. The molecule has 2 nitrogen and oxygen atoms in total. The molecule has 2 aliphatic rings. The van der Waals surface area contributed by atoms with Crippen molar-refractivity contribution < 1.29 is 0 Å². The molecule has 0 aromatic carbocycles. The van der Waals surface area contributed by atoms with Crippen molar-refractivity contribution in [1.82, 2.24) is 10.2 Å². The van der Waals surface area contributed by atoms with Gasteiger partial charge in [-0.2, -0.15) is 0 Å². The Morgan fingerprint density at radius 3 is 2.29 bits per heavy atom. The minimum absolute atomic E-state index is 0.425. The topological polar surface area (TPSA) is 15.3 Å². The lowest BCUT2D eigenvalue weighted by molar-refractivity contribution is -0.0682. The minimum Gasteiger partial charge on any atom is -0.309 e. The van der Waals surface area contributed by atoms with Crippen molar-refractivity contribution in [3.63, 3.8) is 0 Å². The highest BCUT2D eigenvalue weighted by Gasteiger charge is 2.50. The van der Waals surface area contributed by atoms with E-state index in [1.807, 2.05) is 0 Å². The Morgan fingerprint density at radius 2 is 1.76 bits per heavy atom. The molecule has 0 amide bonds. The first kappa shape index (κ1) is 13.4. The average Bonchev–Trinajstić information content (AvgIpc) is 2.12. The summed E-state index contributed by atoms with van der Waals surface area (Å²) in [4.78, 5) is 2.68. The highest BCUT2D eigenvalue weighted by atomic mass is 15.3. The van der Waals surface area contributed by atoms with E-state index in [2.05, 4.69) is 31.0 Å². The third-order valence-corrected chi connectivity index (χ3v) is 4.84. The summed E-state index contributed by atoms with van der Waals surface area (Å²) in [5, 5.41) is 3.60. The van der Waals surface area contributed by atoms with Crippen molar-refractivity contribution >= 4 is 0 Å². The number of rotatable bonds is 7. The number of nitrogens with one attached hydrogen (secondary N) is 1. The van der Waals surface area contributed by atoms with Crippen LogP contribution in [-0.4, -0.2) is 35.6 Å². The van der Waals surface area contributed by atoms with E-state index in [9.17, 15) is 0 Å². The van der Waals surface area contributed by atoms with E-state index in [1.54, 1.807) is 0 Å². The van der Waals surface area contributed by atoms with E-state index in [-0.39, 0.29) is 0 Å². The average molecular weight is 238 g/mol. The van der Waals surface area contributed by atoms with Crippen LogP contribution in [0.15, 0.2) is 0 Å². The molecule has 1 spiro atoms. The molecule has 0 bridgehead atoms. The molecule has 0 unspecified atom stereocenters. The smallest absolute Gasteiger partial charge is 0.0449 e. The number of likely N-dealkylation sites (tertiary alicyclic amines) is 1. The SMILES string of the molecule is CCCCCCCC(C)(C)N1CC2(CCN2)C1. The maximum Gasteiger partial charge on any atom is 0.0449 e. The molecule has 17 heavy (non-hydrogen) atoms. The van der Waals surface area contributed by atoms with Gasteiger partial charge in [0.25, 0.3) is 0 Å². The predicted octanol–water partition coefficient (Wildman–Crippen LogP) is 3.17. The quantitative estimate of drug-likeness (QED) is 0.685. The summed E-state index contributed by atoms with van der Waals surface area (Å²) in [7, 11) is 0. The monoisotopic (exact) mass is 238 g/mol. The molecule has 1 N–H and O–H groups in total. The van der Waals surface area contributed by atoms with Gasteiger partial charge in [0, 0.05) is 24.2 Å². The lowest BCUT2D eigenvalue weighted by Gasteiger charge is -2.61. The van der Waals surface area contributed by atoms with Crippen molar-refractivity contribution in [2.24, 2.45) is 0 Å². The number of nitrogens with zero attached hydrogens (tertiary/aromatic N) is 1. The molecule has 2 saturated heterocycles. The zero-order chi connectivity index (χ0) is 12.4. The molecule has 0 aromatic rings. The van der Waals surface area contributed by atoms with E-state index >= 15 is 0 Å². The van der Waals surface area contributed by atoms with Gasteiger partial charge >= 0.3 is 0 Å². The van der Waals surface area contributed by atoms with Gasteiger partial charge in [0.2, 0.25) is 0 Å². The van der Waals surface area contributed by atoms with Crippen molar-refractivity contribution in [2.45, 2.75) is 76.8 Å². The van der Waals surface area contributed by atoms with Crippen LogP contribution < -0.4 is 5.32 Å². The molecule has 0 aliphatic carbocycles. The molecular formula is C15H30N2. The lowest BCUT2D eigenvalue weighted by Crippen LogP contribution is -2.78. The largest absolute Gasteiger partial charge is 0.309 e. The maximum absolute atomic E-state index is 3.60. The fraction of sp³-hybridized carbons (Fsp3) is 1.00. The normalized spacial score (nSPS) is 23.5. The molecule has 0 saturated carbocycles. The van der Waals surface area contributed by atoms with Crippen LogP contribution in [0.2, 0.25) is 0 Å². The molecule has 0 aromatic heterocycles. The van der Waals surface area contributed by atoms with Gasteiger partial charge in [-0.15, -0.1) is 0 Å². The molecule has 0 atom stereocenters. The van der Waals surface area contributed by atoms with Gasteiger partial charge in [-0.1, -0.05) is 39.0 Å². The Balaban J connectivity index is 1.61. The highest BCUT2D eigenvalue weighted by Crippen LogP contribution is 2.37. The number of hydrogen-bond acceptors (Lipinski definition) is 2. The first-order valence-electron chi connectivity index (χ1n) is 7.58. The van der Waals surface area contributed by atoms with Crippen LogP contribution >= 0.6 is 0 Å². The summed E-state index contributed by atoms with van der Waals surface area (Å²) in [5.41, 5.74) is 0.966. The summed E-state index contributed by atoms with van der Waals surface area (Å²) < 4.78 is 0. The third kappa shape index (κ3) is 3.03. The van der Waals surface area contributed by atoms with Gasteiger partial charge in [-0.25, -0.2) is 0 Å². The summed E-state index contributed by atoms with van der Waals surface area (Å²) in [6.07, 6.45) is 9.79. The first-order valence-corrected chi connectivity index (χ1v) is 7.58. The van der Waals surface area contributed by atoms with E-state index in [0.717, 1.165) is 0 Å².